The van der Waals surface area contributed by atoms with E-state index in [0.717, 1.165) is 6.42 Å². The van der Waals surface area contributed by atoms with Gasteiger partial charge in [0.1, 0.15) is 0 Å². The summed E-state index contributed by atoms with van der Waals surface area (Å²) in [6.07, 6.45) is 0.925. The molecule has 0 radical (unpaired) electrons. The molecule has 1 unspecified atom stereocenters. The van der Waals surface area contributed by atoms with Crippen LogP contribution in [-0.4, -0.2) is 11.1 Å². The second-order valence-electron chi connectivity index (χ2n) is 5.11. The zero-order valence-corrected chi connectivity index (χ0v) is 12.8. The molecular weight excluding hydrogens is 286 g/mol. The monoisotopic (exact) mass is 303 g/mol. The normalized spacial score (nSPS) is 13.5. The van der Waals surface area contributed by atoms with Crippen LogP contribution in [0.25, 0.3) is 0 Å². The minimum atomic E-state index is -1.19. The molecule has 0 bridgehead atoms. The Bertz CT molecular complexity index is 622. The maximum absolute atomic E-state index is 11.8. The molecule has 0 spiro atoms. The first-order valence-electron chi connectivity index (χ1n) is 6.82. The summed E-state index contributed by atoms with van der Waals surface area (Å²) in [7, 11) is 0. The quantitative estimate of drug-likeness (QED) is 0.865. The van der Waals surface area contributed by atoms with Crippen LogP contribution in [0.4, 0.5) is 5.69 Å². The van der Waals surface area contributed by atoms with E-state index in [1.807, 2.05) is 24.3 Å². The van der Waals surface area contributed by atoms with Crippen LogP contribution in [0.2, 0.25) is 5.02 Å². The minimum absolute atomic E-state index is 0.616. The van der Waals surface area contributed by atoms with Crippen LogP contribution in [0.15, 0.2) is 48.5 Å². The Balaban J connectivity index is 2.34. The highest BCUT2D eigenvalue weighted by Crippen LogP contribution is 2.27. The topological polar surface area (TPSA) is 49.3 Å². The summed E-state index contributed by atoms with van der Waals surface area (Å²) >= 11 is 5.85. The van der Waals surface area contributed by atoms with E-state index in [4.69, 9.17) is 11.6 Å². The van der Waals surface area contributed by atoms with Gasteiger partial charge in [-0.25, -0.2) is 4.79 Å². The number of nitrogens with one attached hydrogen (secondary N) is 1. The Kier molecular flexibility index (Phi) is 4.53. The van der Waals surface area contributed by atoms with Crippen molar-refractivity contribution in [1.29, 1.82) is 0 Å². The summed E-state index contributed by atoms with van der Waals surface area (Å²) in [4.78, 5) is 11.8. The number of hydrogen-bond acceptors (Lipinski definition) is 2. The number of halogens is 1. The molecular formula is C17H18ClNO2. The zero-order valence-electron chi connectivity index (χ0n) is 12.1. The standard InChI is InChI=1S/C17H18ClNO2/c1-3-12-4-6-13(7-5-12)17(2,16(20)21)19-15-10-8-14(18)9-11-15/h4-11,19H,3H2,1-2H3,(H,20,21). The second-order valence-corrected chi connectivity index (χ2v) is 5.55. The molecule has 0 heterocycles. The first-order valence-corrected chi connectivity index (χ1v) is 7.20. The molecule has 4 heteroatoms. The van der Waals surface area contributed by atoms with E-state index in [9.17, 15) is 9.90 Å². The first kappa shape index (κ1) is 15.4. The lowest BCUT2D eigenvalue weighted by atomic mass is 9.90. The number of carbonyl (C=O) groups is 1. The van der Waals surface area contributed by atoms with Gasteiger partial charge in [0.2, 0.25) is 0 Å². The lowest BCUT2D eigenvalue weighted by Crippen LogP contribution is -2.40. The molecule has 2 aromatic carbocycles. The largest absolute Gasteiger partial charge is 0.479 e. The van der Waals surface area contributed by atoms with Crippen molar-refractivity contribution >= 4 is 23.3 Å². The zero-order chi connectivity index (χ0) is 15.5. The van der Waals surface area contributed by atoms with Gasteiger partial charge >= 0.3 is 5.97 Å². The number of hydrogen-bond donors (Lipinski definition) is 2. The van der Waals surface area contributed by atoms with E-state index in [1.165, 1.54) is 5.56 Å². The lowest BCUT2D eigenvalue weighted by Gasteiger charge is -2.28. The average Bonchev–Trinajstić information content (AvgIpc) is 2.49. The van der Waals surface area contributed by atoms with Crippen molar-refractivity contribution < 1.29 is 9.90 Å². The summed E-state index contributed by atoms with van der Waals surface area (Å²) in [5, 5.41) is 13.3. The molecule has 0 aliphatic carbocycles. The van der Waals surface area contributed by atoms with Crippen molar-refractivity contribution in [3.8, 4) is 0 Å². The van der Waals surface area contributed by atoms with Gasteiger partial charge in [-0.1, -0.05) is 42.8 Å². The van der Waals surface area contributed by atoms with Gasteiger partial charge in [-0.05, 0) is 48.7 Å². The molecule has 2 N–H and O–H groups in total. The third kappa shape index (κ3) is 3.37. The maximum atomic E-state index is 11.8. The number of carboxylic acids is 1. The van der Waals surface area contributed by atoms with Crippen molar-refractivity contribution in [2.75, 3.05) is 5.32 Å². The molecule has 21 heavy (non-hydrogen) atoms. The molecule has 0 aromatic heterocycles. The Morgan fingerprint density at radius 3 is 2.19 bits per heavy atom. The maximum Gasteiger partial charge on any atom is 0.333 e. The summed E-state index contributed by atoms with van der Waals surface area (Å²) < 4.78 is 0. The molecule has 2 aromatic rings. The van der Waals surface area contributed by atoms with E-state index in [2.05, 4.69) is 12.2 Å². The third-order valence-corrected chi connectivity index (χ3v) is 3.86. The van der Waals surface area contributed by atoms with Crippen LogP contribution in [-0.2, 0) is 16.8 Å². The number of carboxylic acid groups (broad SMARTS) is 1. The number of rotatable bonds is 5. The van der Waals surface area contributed by atoms with Crippen LogP contribution in [0.3, 0.4) is 0 Å². The van der Waals surface area contributed by atoms with Crippen LogP contribution in [0.5, 0.6) is 0 Å². The molecule has 0 amide bonds. The lowest BCUT2D eigenvalue weighted by molar-refractivity contribution is -0.142. The van der Waals surface area contributed by atoms with E-state index in [0.29, 0.717) is 16.3 Å². The second kappa shape index (κ2) is 6.19. The Hall–Kier alpha value is -2.00. The summed E-state index contributed by atoms with van der Waals surface area (Å²) in [6, 6.07) is 14.6. The molecule has 0 saturated heterocycles. The van der Waals surface area contributed by atoms with Gasteiger partial charge in [-0.2, -0.15) is 0 Å². The fourth-order valence-electron chi connectivity index (χ4n) is 2.14. The van der Waals surface area contributed by atoms with Crippen molar-refractivity contribution in [2.45, 2.75) is 25.8 Å². The van der Waals surface area contributed by atoms with Crippen molar-refractivity contribution in [2.24, 2.45) is 0 Å². The molecule has 3 nitrogen and oxygen atoms in total. The van der Waals surface area contributed by atoms with E-state index >= 15 is 0 Å². The average molecular weight is 304 g/mol. The fraction of sp³-hybridized carbons (Fsp3) is 0.235. The highest BCUT2D eigenvalue weighted by Gasteiger charge is 2.35. The third-order valence-electron chi connectivity index (χ3n) is 3.61. The molecule has 0 saturated carbocycles. The number of aliphatic carboxylic acids is 1. The van der Waals surface area contributed by atoms with Gasteiger partial charge in [0.15, 0.2) is 5.54 Å². The summed E-state index contributed by atoms with van der Waals surface area (Å²) in [5.41, 5.74) is 1.41. The van der Waals surface area contributed by atoms with Crippen molar-refractivity contribution in [3.05, 3.63) is 64.7 Å². The Labute approximate surface area is 129 Å². The van der Waals surface area contributed by atoms with Crippen LogP contribution < -0.4 is 5.32 Å². The fourth-order valence-corrected chi connectivity index (χ4v) is 2.27. The summed E-state index contributed by atoms with van der Waals surface area (Å²) in [5.74, 6) is -0.929. The predicted octanol–water partition coefficient (Wildman–Crippen LogP) is 4.31. The van der Waals surface area contributed by atoms with Crippen LogP contribution in [0.1, 0.15) is 25.0 Å². The van der Waals surface area contributed by atoms with Gasteiger partial charge in [0.25, 0.3) is 0 Å². The van der Waals surface area contributed by atoms with Crippen molar-refractivity contribution in [1.82, 2.24) is 0 Å². The van der Waals surface area contributed by atoms with E-state index < -0.39 is 11.5 Å². The number of anilines is 1. The molecule has 0 fully saturated rings. The molecule has 0 aliphatic rings. The highest BCUT2D eigenvalue weighted by atomic mass is 35.5. The predicted molar refractivity (Wildman–Crippen MR) is 85.9 cm³/mol. The van der Waals surface area contributed by atoms with Crippen LogP contribution >= 0.6 is 11.6 Å². The minimum Gasteiger partial charge on any atom is -0.479 e. The highest BCUT2D eigenvalue weighted by molar-refractivity contribution is 6.30. The SMILES string of the molecule is CCc1ccc(C(C)(Nc2ccc(Cl)cc2)C(=O)O)cc1. The van der Waals surface area contributed by atoms with E-state index in [1.54, 1.807) is 31.2 Å². The smallest absolute Gasteiger partial charge is 0.333 e. The molecule has 110 valence electrons. The van der Waals surface area contributed by atoms with Crippen LogP contribution in [0, 0.1) is 0 Å². The first-order chi connectivity index (χ1) is 9.95. The van der Waals surface area contributed by atoms with E-state index in [-0.39, 0.29) is 0 Å². The number of aryl methyl sites for hydroxylation is 1. The van der Waals surface area contributed by atoms with Crippen molar-refractivity contribution in [3.63, 3.8) is 0 Å². The number of benzene rings is 2. The molecule has 2 rings (SSSR count). The van der Waals surface area contributed by atoms with Gasteiger partial charge in [-0.15, -0.1) is 0 Å². The Morgan fingerprint density at radius 1 is 1.14 bits per heavy atom. The van der Waals surface area contributed by atoms with Gasteiger partial charge in [-0.3, -0.25) is 0 Å². The van der Waals surface area contributed by atoms with Gasteiger partial charge < -0.3 is 10.4 Å². The van der Waals surface area contributed by atoms with Gasteiger partial charge in [0.05, 0.1) is 0 Å². The summed E-state index contributed by atoms with van der Waals surface area (Å²) in [6.45, 7) is 3.72. The van der Waals surface area contributed by atoms with Gasteiger partial charge in [0, 0.05) is 10.7 Å². The molecule has 1 atom stereocenters. The molecule has 0 aliphatic heterocycles. The Morgan fingerprint density at radius 2 is 1.71 bits per heavy atom.